The van der Waals surface area contributed by atoms with Gasteiger partial charge >= 0.3 is 0 Å². The van der Waals surface area contributed by atoms with Crippen LogP contribution in [-0.2, 0) is 16.0 Å². The van der Waals surface area contributed by atoms with Crippen LogP contribution in [0.2, 0.25) is 5.02 Å². The molecule has 1 aliphatic carbocycles. The summed E-state index contributed by atoms with van der Waals surface area (Å²) in [5.74, 6) is -0.294. The molecule has 31 heavy (non-hydrogen) atoms. The number of nitrogens with zero attached hydrogens (tertiary/aromatic N) is 1. The lowest BCUT2D eigenvalue weighted by Gasteiger charge is -2.32. The van der Waals surface area contributed by atoms with Crippen molar-refractivity contribution < 1.29 is 9.59 Å². The highest BCUT2D eigenvalue weighted by Crippen LogP contribution is 2.31. The Bertz CT molecular complexity index is 1020. The lowest BCUT2D eigenvalue weighted by atomic mass is 10.0. The van der Waals surface area contributed by atoms with E-state index in [9.17, 15) is 9.59 Å². The van der Waals surface area contributed by atoms with E-state index in [1.807, 2.05) is 53.9 Å². The van der Waals surface area contributed by atoms with Gasteiger partial charge in [-0.15, -0.1) is 11.3 Å². The van der Waals surface area contributed by atoms with Gasteiger partial charge in [0.15, 0.2) is 0 Å². The number of halogens is 1. The molecule has 0 spiro atoms. The predicted octanol–water partition coefficient (Wildman–Crippen LogP) is 5.78. The molecule has 0 unspecified atom stereocenters. The quantitative estimate of drug-likeness (QED) is 0.494. The minimum Gasteiger partial charge on any atom is -0.351 e. The Balaban J connectivity index is 1.74. The number of carbonyl (C=O) groups is 2. The standard InChI is InChI=1S/C25H25ClN2O2S/c26-19-10-6-13-21(16-19)28(23(29)17-22-14-7-15-31-22)24(18-8-2-1-3-9-18)25(30)27-20-11-4-5-12-20/h1-3,6-10,13-16,20,24H,4-5,11-12,17H2,(H,27,30)/t24-/m0/s1. The minimum absolute atomic E-state index is 0.139. The second-order valence-electron chi connectivity index (χ2n) is 7.80. The summed E-state index contributed by atoms with van der Waals surface area (Å²) in [6, 6.07) is 19.9. The van der Waals surface area contributed by atoms with E-state index >= 15 is 0 Å². The van der Waals surface area contributed by atoms with Crippen LogP contribution in [0.1, 0.15) is 42.2 Å². The molecule has 3 aromatic rings. The molecule has 1 atom stereocenters. The van der Waals surface area contributed by atoms with Gasteiger partial charge in [0.25, 0.3) is 0 Å². The number of hydrogen-bond donors (Lipinski definition) is 1. The van der Waals surface area contributed by atoms with Crippen molar-refractivity contribution >= 4 is 40.4 Å². The summed E-state index contributed by atoms with van der Waals surface area (Å²) in [6.07, 6.45) is 4.43. The third-order valence-corrected chi connectivity index (χ3v) is 6.70. The van der Waals surface area contributed by atoms with Crippen molar-refractivity contribution in [3.63, 3.8) is 0 Å². The summed E-state index contributed by atoms with van der Waals surface area (Å²) >= 11 is 7.80. The summed E-state index contributed by atoms with van der Waals surface area (Å²) in [4.78, 5) is 29.7. The first kappa shape index (κ1) is 21.6. The highest BCUT2D eigenvalue weighted by Gasteiger charge is 2.34. The summed E-state index contributed by atoms with van der Waals surface area (Å²) in [5.41, 5.74) is 1.39. The molecule has 160 valence electrons. The monoisotopic (exact) mass is 452 g/mol. The molecule has 4 nitrogen and oxygen atoms in total. The first-order valence-corrected chi connectivity index (χ1v) is 11.8. The third-order valence-electron chi connectivity index (χ3n) is 5.58. The maximum atomic E-state index is 13.6. The molecule has 1 N–H and O–H groups in total. The molecule has 1 aromatic heterocycles. The molecule has 0 aliphatic heterocycles. The van der Waals surface area contributed by atoms with Crippen molar-refractivity contribution in [2.24, 2.45) is 0 Å². The molecule has 4 rings (SSSR count). The number of thiophene rings is 1. The van der Waals surface area contributed by atoms with Gasteiger partial charge in [0, 0.05) is 21.6 Å². The Hall–Kier alpha value is -2.63. The maximum Gasteiger partial charge on any atom is 0.248 e. The molecular formula is C25H25ClN2O2S. The SMILES string of the molecule is O=C(NC1CCCC1)[C@H](c1ccccc1)N(C(=O)Cc1cccs1)c1cccc(Cl)c1. The highest BCUT2D eigenvalue weighted by molar-refractivity contribution is 7.10. The van der Waals surface area contributed by atoms with Crippen LogP contribution in [0, 0.1) is 0 Å². The molecule has 6 heteroatoms. The first-order valence-electron chi connectivity index (χ1n) is 10.6. The van der Waals surface area contributed by atoms with Crippen molar-refractivity contribution in [3.8, 4) is 0 Å². The fraction of sp³-hybridized carbons (Fsp3) is 0.280. The number of rotatable bonds is 7. The van der Waals surface area contributed by atoms with Gasteiger partial charge in [0.05, 0.1) is 6.42 Å². The first-order chi connectivity index (χ1) is 15.1. The molecule has 1 saturated carbocycles. The van der Waals surface area contributed by atoms with Crippen molar-refractivity contribution in [2.45, 2.75) is 44.2 Å². The van der Waals surface area contributed by atoms with Gasteiger partial charge in [-0.1, -0.05) is 66.9 Å². The van der Waals surface area contributed by atoms with E-state index < -0.39 is 6.04 Å². The fourth-order valence-electron chi connectivity index (χ4n) is 4.11. The third kappa shape index (κ3) is 5.35. The molecule has 1 aliphatic rings. The number of benzene rings is 2. The van der Waals surface area contributed by atoms with Gasteiger partial charge in [-0.05, 0) is 48.1 Å². The van der Waals surface area contributed by atoms with E-state index in [0.29, 0.717) is 10.7 Å². The average Bonchev–Trinajstić information content (AvgIpc) is 3.46. The van der Waals surface area contributed by atoms with Gasteiger partial charge < -0.3 is 5.32 Å². The number of anilines is 1. The van der Waals surface area contributed by atoms with E-state index in [4.69, 9.17) is 11.6 Å². The molecule has 0 radical (unpaired) electrons. The zero-order valence-electron chi connectivity index (χ0n) is 17.2. The molecule has 2 aromatic carbocycles. The maximum absolute atomic E-state index is 13.6. The summed E-state index contributed by atoms with van der Waals surface area (Å²) < 4.78 is 0. The van der Waals surface area contributed by atoms with Gasteiger partial charge in [0.2, 0.25) is 11.8 Å². The zero-order valence-corrected chi connectivity index (χ0v) is 18.7. The Kier molecular flexibility index (Phi) is 7.05. The number of amides is 2. The normalized spacial score (nSPS) is 14.9. The van der Waals surface area contributed by atoms with E-state index in [-0.39, 0.29) is 24.3 Å². The molecule has 0 saturated heterocycles. The Morgan fingerprint density at radius 2 is 1.81 bits per heavy atom. The van der Waals surface area contributed by atoms with Crippen molar-refractivity contribution in [2.75, 3.05) is 4.90 Å². The summed E-state index contributed by atoms with van der Waals surface area (Å²) in [7, 11) is 0. The summed E-state index contributed by atoms with van der Waals surface area (Å²) in [6.45, 7) is 0. The second-order valence-corrected chi connectivity index (χ2v) is 9.27. The Labute approximate surface area is 191 Å². The topological polar surface area (TPSA) is 49.4 Å². The zero-order chi connectivity index (χ0) is 21.6. The number of hydrogen-bond acceptors (Lipinski definition) is 3. The number of carbonyl (C=O) groups excluding carboxylic acids is 2. The highest BCUT2D eigenvalue weighted by atomic mass is 35.5. The Morgan fingerprint density at radius 1 is 1.03 bits per heavy atom. The summed E-state index contributed by atoms with van der Waals surface area (Å²) in [5, 5.41) is 5.67. The van der Waals surface area contributed by atoms with E-state index in [0.717, 1.165) is 36.1 Å². The van der Waals surface area contributed by atoms with Crippen LogP contribution < -0.4 is 10.2 Å². The number of nitrogens with one attached hydrogen (secondary N) is 1. The predicted molar refractivity (Wildman–Crippen MR) is 127 cm³/mol. The molecule has 1 fully saturated rings. The lowest BCUT2D eigenvalue weighted by Crippen LogP contribution is -2.46. The van der Waals surface area contributed by atoms with E-state index in [1.165, 1.54) is 11.3 Å². The molecular weight excluding hydrogens is 428 g/mol. The lowest BCUT2D eigenvalue weighted by molar-refractivity contribution is -0.127. The molecule has 2 amide bonds. The second kappa shape index (κ2) is 10.1. The van der Waals surface area contributed by atoms with Crippen molar-refractivity contribution in [3.05, 3.63) is 87.6 Å². The molecule has 1 heterocycles. The van der Waals surface area contributed by atoms with Gasteiger partial charge in [0.1, 0.15) is 6.04 Å². The van der Waals surface area contributed by atoms with Crippen LogP contribution in [-0.4, -0.2) is 17.9 Å². The fourth-order valence-corrected chi connectivity index (χ4v) is 4.99. The van der Waals surface area contributed by atoms with Crippen LogP contribution in [0.15, 0.2) is 72.1 Å². The van der Waals surface area contributed by atoms with Gasteiger partial charge in [-0.3, -0.25) is 14.5 Å². The smallest absolute Gasteiger partial charge is 0.248 e. The minimum atomic E-state index is -0.771. The van der Waals surface area contributed by atoms with Crippen LogP contribution in [0.25, 0.3) is 0 Å². The van der Waals surface area contributed by atoms with E-state index in [2.05, 4.69) is 5.32 Å². The van der Waals surface area contributed by atoms with Crippen molar-refractivity contribution in [1.82, 2.24) is 5.32 Å². The Morgan fingerprint density at radius 3 is 2.48 bits per heavy atom. The van der Waals surface area contributed by atoms with Crippen LogP contribution in [0.5, 0.6) is 0 Å². The van der Waals surface area contributed by atoms with Gasteiger partial charge in [-0.25, -0.2) is 0 Å². The average molecular weight is 453 g/mol. The van der Waals surface area contributed by atoms with Crippen molar-refractivity contribution in [1.29, 1.82) is 0 Å². The van der Waals surface area contributed by atoms with E-state index in [1.54, 1.807) is 23.1 Å². The van der Waals surface area contributed by atoms with Crippen LogP contribution in [0.3, 0.4) is 0 Å². The van der Waals surface area contributed by atoms with Crippen LogP contribution in [0.4, 0.5) is 5.69 Å². The van der Waals surface area contributed by atoms with Gasteiger partial charge in [-0.2, -0.15) is 0 Å². The largest absolute Gasteiger partial charge is 0.351 e. The van der Waals surface area contributed by atoms with Crippen LogP contribution >= 0.6 is 22.9 Å². The molecule has 0 bridgehead atoms.